The molecule has 0 unspecified atom stereocenters. The summed E-state index contributed by atoms with van der Waals surface area (Å²) in [7, 11) is 0. The average molecular weight is 273 g/mol. The molecule has 16 heavy (non-hydrogen) atoms. The van der Waals surface area contributed by atoms with Gasteiger partial charge in [0.2, 0.25) is 0 Å². The van der Waals surface area contributed by atoms with Crippen LogP contribution < -0.4 is 0 Å². The minimum absolute atomic E-state index is 0.0686. The lowest BCUT2D eigenvalue weighted by Gasteiger charge is -2.08. The van der Waals surface area contributed by atoms with E-state index < -0.39 is 18.8 Å². The summed E-state index contributed by atoms with van der Waals surface area (Å²) >= 11 is 11.3. The van der Waals surface area contributed by atoms with E-state index in [0.29, 0.717) is 0 Å². The fourth-order valence-electron chi connectivity index (χ4n) is 0.885. The average Bonchev–Trinajstić information content (AvgIpc) is 2.18. The van der Waals surface area contributed by atoms with Crippen molar-refractivity contribution in [1.29, 1.82) is 0 Å². The van der Waals surface area contributed by atoms with Crippen LogP contribution >= 0.6 is 23.2 Å². The van der Waals surface area contributed by atoms with Crippen molar-refractivity contribution in [3.05, 3.63) is 33.8 Å². The molecule has 0 saturated carbocycles. The second-order valence-corrected chi connectivity index (χ2v) is 3.57. The van der Waals surface area contributed by atoms with Gasteiger partial charge in [0.05, 0.1) is 10.0 Å². The van der Waals surface area contributed by atoms with Gasteiger partial charge in [-0.1, -0.05) is 35.3 Å². The second-order valence-electron chi connectivity index (χ2n) is 2.79. The summed E-state index contributed by atoms with van der Waals surface area (Å²) in [6.07, 6.45) is -5.01. The number of carbonyl (C=O) groups is 1. The topological polar surface area (TPSA) is 26.3 Å². The highest BCUT2D eigenvalue weighted by atomic mass is 35.5. The fourth-order valence-corrected chi connectivity index (χ4v) is 1.26. The van der Waals surface area contributed by atoms with Gasteiger partial charge in [-0.15, -0.1) is 0 Å². The Bertz CT molecular complexity index is 404. The monoisotopic (exact) mass is 272 g/mol. The summed E-state index contributed by atoms with van der Waals surface area (Å²) in [6.45, 7) is -0.572. The molecule has 0 heterocycles. The standard InChI is InChI=1S/C9H5Cl2F3O2/c10-6-3-1-2-5(7(6)11)4-16-8(15)9(12,13)14/h1-3H,4H2. The van der Waals surface area contributed by atoms with Crippen molar-refractivity contribution >= 4 is 29.2 Å². The summed E-state index contributed by atoms with van der Waals surface area (Å²) in [5.74, 6) is -2.26. The van der Waals surface area contributed by atoms with Crippen molar-refractivity contribution in [2.45, 2.75) is 12.8 Å². The molecule has 1 aromatic carbocycles. The van der Waals surface area contributed by atoms with Crippen LogP contribution in [0.4, 0.5) is 13.2 Å². The Morgan fingerprint density at radius 3 is 2.50 bits per heavy atom. The highest BCUT2D eigenvalue weighted by molar-refractivity contribution is 6.42. The van der Waals surface area contributed by atoms with Gasteiger partial charge >= 0.3 is 12.1 Å². The van der Waals surface area contributed by atoms with Crippen molar-refractivity contribution in [3.63, 3.8) is 0 Å². The number of rotatable bonds is 2. The maximum atomic E-state index is 11.8. The first kappa shape index (κ1) is 13.1. The zero-order valence-corrected chi connectivity index (χ0v) is 9.16. The maximum Gasteiger partial charge on any atom is 0.490 e. The number of hydrogen-bond acceptors (Lipinski definition) is 2. The lowest BCUT2D eigenvalue weighted by molar-refractivity contribution is -0.201. The first-order chi connectivity index (χ1) is 7.32. The molecule has 0 saturated heterocycles. The van der Waals surface area contributed by atoms with Crippen LogP contribution in [-0.2, 0) is 16.1 Å². The molecule has 0 amide bonds. The largest absolute Gasteiger partial charge is 0.490 e. The Morgan fingerprint density at radius 1 is 1.31 bits per heavy atom. The van der Waals surface area contributed by atoms with Crippen LogP contribution in [0.2, 0.25) is 10.0 Å². The van der Waals surface area contributed by atoms with E-state index in [4.69, 9.17) is 23.2 Å². The summed E-state index contributed by atoms with van der Waals surface area (Å²) in [6, 6.07) is 4.38. The smallest absolute Gasteiger partial charge is 0.454 e. The highest BCUT2D eigenvalue weighted by Gasteiger charge is 2.40. The third kappa shape index (κ3) is 3.28. The minimum atomic E-state index is -5.01. The molecule has 1 rings (SSSR count). The van der Waals surface area contributed by atoms with E-state index in [-0.39, 0.29) is 15.6 Å². The van der Waals surface area contributed by atoms with Crippen LogP contribution in [0, 0.1) is 0 Å². The fraction of sp³-hybridized carbons (Fsp3) is 0.222. The Kier molecular flexibility index (Phi) is 4.04. The first-order valence-electron chi connectivity index (χ1n) is 3.99. The van der Waals surface area contributed by atoms with E-state index in [1.807, 2.05) is 0 Å². The molecule has 0 aliphatic rings. The molecule has 1 aromatic rings. The molecule has 0 N–H and O–H groups in total. The van der Waals surface area contributed by atoms with Gasteiger partial charge in [-0.05, 0) is 6.07 Å². The number of ether oxygens (including phenoxy) is 1. The van der Waals surface area contributed by atoms with Crippen molar-refractivity contribution in [1.82, 2.24) is 0 Å². The van der Waals surface area contributed by atoms with Gasteiger partial charge in [0, 0.05) is 5.56 Å². The molecular weight excluding hydrogens is 268 g/mol. The quantitative estimate of drug-likeness (QED) is 0.769. The third-order valence-electron chi connectivity index (χ3n) is 1.62. The molecule has 0 atom stereocenters. The van der Waals surface area contributed by atoms with Crippen LogP contribution in [0.5, 0.6) is 0 Å². The van der Waals surface area contributed by atoms with Gasteiger partial charge < -0.3 is 4.74 Å². The molecule has 7 heteroatoms. The zero-order chi connectivity index (χ0) is 12.3. The maximum absolute atomic E-state index is 11.8. The summed E-state index contributed by atoms with van der Waals surface area (Å²) in [5.41, 5.74) is 0.215. The van der Waals surface area contributed by atoms with E-state index in [0.717, 1.165) is 0 Å². The molecule has 0 spiro atoms. The lowest BCUT2D eigenvalue weighted by Crippen LogP contribution is -2.25. The molecular formula is C9H5Cl2F3O2. The normalized spacial score (nSPS) is 11.3. The number of benzene rings is 1. The number of alkyl halides is 3. The Balaban J connectivity index is 2.69. The van der Waals surface area contributed by atoms with Crippen LogP contribution in [0.15, 0.2) is 18.2 Å². The van der Waals surface area contributed by atoms with Crippen molar-refractivity contribution in [2.75, 3.05) is 0 Å². The molecule has 0 aliphatic carbocycles. The Labute approximate surface area is 98.9 Å². The Morgan fingerprint density at radius 2 is 1.94 bits per heavy atom. The van der Waals surface area contributed by atoms with E-state index >= 15 is 0 Å². The van der Waals surface area contributed by atoms with E-state index in [1.165, 1.54) is 18.2 Å². The molecule has 0 bridgehead atoms. The van der Waals surface area contributed by atoms with E-state index in [2.05, 4.69) is 4.74 Å². The van der Waals surface area contributed by atoms with Crippen LogP contribution in [0.3, 0.4) is 0 Å². The molecule has 0 aromatic heterocycles. The Hall–Kier alpha value is -0.940. The van der Waals surface area contributed by atoms with E-state index in [9.17, 15) is 18.0 Å². The summed E-state index contributed by atoms with van der Waals surface area (Å²) < 4.78 is 39.4. The number of hydrogen-bond donors (Lipinski definition) is 0. The van der Waals surface area contributed by atoms with Gasteiger partial charge in [-0.25, -0.2) is 4.79 Å². The van der Waals surface area contributed by atoms with Crippen molar-refractivity contribution < 1.29 is 22.7 Å². The minimum Gasteiger partial charge on any atom is -0.454 e. The van der Waals surface area contributed by atoms with Crippen LogP contribution in [0.1, 0.15) is 5.56 Å². The molecule has 0 aliphatic heterocycles. The number of halogens is 5. The predicted molar refractivity (Wildman–Crippen MR) is 52.3 cm³/mol. The summed E-state index contributed by atoms with van der Waals surface area (Å²) in [5, 5.41) is 0.251. The highest BCUT2D eigenvalue weighted by Crippen LogP contribution is 2.26. The molecule has 2 nitrogen and oxygen atoms in total. The molecule has 88 valence electrons. The lowest BCUT2D eigenvalue weighted by atomic mass is 10.2. The predicted octanol–water partition coefficient (Wildman–Crippen LogP) is 3.60. The first-order valence-corrected chi connectivity index (χ1v) is 4.75. The van der Waals surface area contributed by atoms with Crippen molar-refractivity contribution in [2.24, 2.45) is 0 Å². The van der Waals surface area contributed by atoms with Crippen LogP contribution in [0.25, 0.3) is 0 Å². The van der Waals surface area contributed by atoms with Gasteiger partial charge in [0.1, 0.15) is 6.61 Å². The van der Waals surface area contributed by atoms with E-state index in [1.54, 1.807) is 0 Å². The number of esters is 1. The zero-order valence-electron chi connectivity index (χ0n) is 7.65. The number of carbonyl (C=O) groups excluding carboxylic acids is 1. The van der Waals surface area contributed by atoms with Crippen molar-refractivity contribution in [3.8, 4) is 0 Å². The van der Waals surface area contributed by atoms with Gasteiger partial charge in [0.15, 0.2) is 0 Å². The molecule has 0 fully saturated rings. The SMILES string of the molecule is O=C(OCc1cccc(Cl)c1Cl)C(F)(F)F. The van der Waals surface area contributed by atoms with Gasteiger partial charge in [-0.2, -0.15) is 13.2 Å². The molecule has 0 radical (unpaired) electrons. The third-order valence-corrected chi connectivity index (χ3v) is 2.48. The summed E-state index contributed by atoms with van der Waals surface area (Å²) in [4.78, 5) is 10.4. The second kappa shape index (κ2) is 4.93. The van der Waals surface area contributed by atoms with Gasteiger partial charge in [-0.3, -0.25) is 0 Å². The van der Waals surface area contributed by atoms with Crippen LogP contribution in [-0.4, -0.2) is 12.1 Å². The van der Waals surface area contributed by atoms with Gasteiger partial charge in [0.25, 0.3) is 0 Å².